The van der Waals surface area contributed by atoms with Gasteiger partial charge >= 0.3 is 0 Å². The summed E-state index contributed by atoms with van der Waals surface area (Å²) in [6.07, 6.45) is 1.14. The molecule has 0 aliphatic heterocycles. The highest BCUT2D eigenvalue weighted by Crippen LogP contribution is 2.25. The van der Waals surface area contributed by atoms with Crippen LogP contribution in [0.4, 0.5) is 4.39 Å². The van der Waals surface area contributed by atoms with Crippen LogP contribution in [0, 0.1) is 5.82 Å². The molecule has 0 saturated carbocycles. The van der Waals surface area contributed by atoms with Gasteiger partial charge in [0.25, 0.3) is 0 Å². The van der Waals surface area contributed by atoms with Crippen LogP contribution in [-0.4, -0.2) is 17.1 Å². The number of thioether (sulfide) groups is 1. The van der Waals surface area contributed by atoms with Gasteiger partial charge in [0.2, 0.25) is 0 Å². The van der Waals surface area contributed by atoms with E-state index in [0.29, 0.717) is 15.8 Å². The number of benzene rings is 1. The Morgan fingerprint density at radius 3 is 2.92 bits per heavy atom. The molecule has 0 heterocycles. The van der Waals surface area contributed by atoms with Gasteiger partial charge in [-0.1, -0.05) is 12.1 Å². The van der Waals surface area contributed by atoms with Gasteiger partial charge in [-0.3, -0.25) is 0 Å². The molecule has 0 radical (unpaired) electrons. The lowest BCUT2D eigenvalue weighted by atomic mass is 10.1. The molecule has 0 aliphatic rings. The van der Waals surface area contributed by atoms with Crippen LogP contribution in [0.2, 0.25) is 0 Å². The molecule has 4 heteroatoms. The lowest BCUT2D eigenvalue weighted by molar-refractivity contribution is 0.199. The highest BCUT2D eigenvalue weighted by Gasteiger charge is 2.13. The summed E-state index contributed by atoms with van der Waals surface area (Å²) in [7, 11) is 0. The highest BCUT2D eigenvalue weighted by molar-refractivity contribution is 9.10. The van der Waals surface area contributed by atoms with Crippen LogP contribution < -0.4 is 0 Å². The normalized spacial score (nSPS) is 12.9. The van der Waals surface area contributed by atoms with Crippen molar-refractivity contribution in [2.24, 2.45) is 0 Å². The molecule has 13 heavy (non-hydrogen) atoms. The van der Waals surface area contributed by atoms with Crippen molar-refractivity contribution < 1.29 is 9.50 Å². The molecule has 1 aromatic rings. The van der Waals surface area contributed by atoms with Crippen molar-refractivity contribution in [2.45, 2.75) is 6.10 Å². The summed E-state index contributed by atoms with van der Waals surface area (Å²) in [5, 5.41) is 9.54. The third-order valence-electron chi connectivity index (χ3n) is 1.66. The Bertz CT molecular complexity index is 293. The Labute approximate surface area is 89.5 Å². The molecular formula is C9H10BrFOS. The second-order valence-corrected chi connectivity index (χ2v) is 4.38. The summed E-state index contributed by atoms with van der Waals surface area (Å²) in [5.74, 6) is 0.136. The van der Waals surface area contributed by atoms with Crippen molar-refractivity contribution in [3.8, 4) is 0 Å². The molecule has 72 valence electrons. The quantitative estimate of drug-likeness (QED) is 0.906. The number of aliphatic hydroxyl groups is 1. The molecule has 1 N–H and O–H groups in total. The van der Waals surface area contributed by atoms with Gasteiger partial charge in [-0.05, 0) is 28.3 Å². The van der Waals surface area contributed by atoms with E-state index in [1.807, 2.05) is 6.26 Å². The predicted octanol–water partition coefficient (Wildman–Crippen LogP) is 2.98. The van der Waals surface area contributed by atoms with Crippen molar-refractivity contribution in [3.63, 3.8) is 0 Å². The van der Waals surface area contributed by atoms with E-state index in [2.05, 4.69) is 15.9 Å². The van der Waals surface area contributed by atoms with Crippen LogP contribution in [0.3, 0.4) is 0 Å². The second-order valence-electron chi connectivity index (χ2n) is 2.61. The Balaban J connectivity index is 2.93. The van der Waals surface area contributed by atoms with Crippen molar-refractivity contribution in [1.82, 2.24) is 0 Å². The number of hydrogen-bond donors (Lipinski definition) is 1. The minimum atomic E-state index is -0.729. The molecule has 0 amide bonds. The van der Waals surface area contributed by atoms with Gasteiger partial charge in [0.05, 0.1) is 10.6 Å². The molecule has 1 atom stereocenters. The van der Waals surface area contributed by atoms with E-state index in [4.69, 9.17) is 0 Å². The number of rotatable bonds is 3. The minimum absolute atomic E-state index is 0.351. The average Bonchev–Trinajstić information content (AvgIpc) is 2.10. The fraction of sp³-hybridized carbons (Fsp3) is 0.333. The first-order valence-electron chi connectivity index (χ1n) is 3.77. The first-order valence-corrected chi connectivity index (χ1v) is 5.96. The van der Waals surface area contributed by atoms with E-state index in [1.54, 1.807) is 18.2 Å². The molecule has 1 unspecified atom stereocenters. The van der Waals surface area contributed by atoms with Gasteiger partial charge < -0.3 is 5.11 Å². The SMILES string of the molecule is CSCC(O)c1cccc(Br)c1F. The Hall–Kier alpha value is -0.0600. The molecule has 0 bridgehead atoms. The van der Waals surface area contributed by atoms with E-state index in [0.717, 1.165) is 0 Å². The highest BCUT2D eigenvalue weighted by atomic mass is 79.9. The summed E-state index contributed by atoms with van der Waals surface area (Å²) < 4.78 is 13.8. The molecule has 0 spiro atoms. The number of hydrogen-bond acceptors (Lipinski definition) is 2. The van der Waals surface area contributed by atoms with Crippen LogP contribution >= 0.6 is 27.7 Å². The summed E-state index contributed by atoms with van der Waals surface area (Å²) >= 11 is 4.56. The van der Waals surface area contributed by atoms with E-state index in [1.165, 1.54) is 11.8 Å². The zero-order valence-corrected chi connectivity index (χ0v) is 9.53. The fourth-order valence-electron chi connectivity index (χ4n) is 1.03. The zero-order valence-electron chi connectivity index (χ0n) is 7.13. The van der Waals surface area contributed by atoms with Gasteiger partial charge in [0.15, 0.2) is 0 Å². The lowest BCUT2D eigenvalue weighted by Crippen LogP contribution is -2.03. The van der Waals surface area contributed by atoms with Crippen molar-refractivity contribution in [2.75, 3.05) is 12.0 Å². The average molecular weight is 265 g/mol. The third kappa shape index (κ3) is 2.69. The maximum atomic E-state index is 13.4. The molecule has 1 rings (SSSR count). The first-order chi connectivity index (χ1) is 6.16. The van der Waals surface area contributed by atoms with Gasteiger partial charge in [0, 0.05) is 11.3 Å². The van der Waals surface area contributed by atoms with Crippen LogP contribution in [0.5, 0.6) is 0 Å². The van der Waals surface area contributed by atoms with Crippen LogP contribution in [0.25, 0.3) is 0 Å². The maximum Gasteiger partial charge on any atom is 0.143 e. The standard InChI is InChI=1S/C9H10BrFOS/c1-13-5-8(12)6-3-2-4-7(10)9(6)11/h2-4,8,12H,5H2,1H3. The smallest absolute Gasteiger partial charge is 0.143 e. The van der Waals surface area contributed by atoms with Gasteiger partial charge in [-0.2, -0.15) is 11.8 Å². The van der Waals surface area contributed by atoms with E-state index >= 15 is 0 Å². The third-order valence-corrected chi connectivity index (χ3v) is 2.93. The largest absolute Gasteiger partial charge is 0.387 e. The summed E-state index contributed by atoms with van der Waals surface area (Å²) in [6, 6.07) is 4.93. The van der Waals surface area contributed by atoms with Crippen LogP contribution in [-0.2, 0) is 0 Å². The van der Waals surface area contributed by atoms with Gasteiger partial charge in [-0.25, -0.2) is 4.39 Å². The molecule has 0 saturated heterocycles. The number of halogens is 2. The molecule has 0 aliphatic carbocycles. The monoisotopic (exact) mass is 264 g/mol. The van der Waals surface area contributed by atoms with Crippen molar-refractivity contribution in [3.05, 3.63) is 34.1 Å². The molecule has 1 aromatic carbocycles. The molecular weight excluding hydrogens is 255 g/mol. The van der Waals surface area contributed by atoms with Gasteiger partial charge in [-0.15, -0.1) is 0 Å². The first kappa shape index (κ1) is 11.0. The summed E-state index contributed by atoms with van der Waals surface area (Å²) in [6.45, 7) is 0. The molecule has 0 aromatic heterocycles. The fourth-order valence-corrected chi connectivity index (χ4v) is 1.90. The topological polar surface area (TPSA) is 20.2 Å². The number of aliphatic hydroxyl groups excluding tert-OH is 1. The van der Waals surface area contributed by atoms with Crippen molar-refractivity contribution in [1.29, 1.82) is 0 Å². The van der Waals surface area contributed by atoms with Gasteiger partial charge in [0.1, 0.15) is 5.82 Å². The van der Waals surface area contributed by atoms with Crippen molar-refractivity contribution >= 4 is 27.7 Å². The van der Waals surface area contributed by atoms with Crippen LogP contribution in [0.15, 0.2) is 22.7 Å². The predicted molar refractivity (Wildman–Crippen MR) is 57.4 cm³/mol. The molecule has 1 nitrogen and oxygen atoms in total. The second kappa shape index (κ2) is 4.98. The van der Waals surface area contributed by atoms with Crippen LogP contribution in [0.1, 0.15) is 11.7 Å². The lowest BCUT2D eigenvalue weighted by Gasteiger charge is -2.10. The summed E-state index contributed by atoms with van der Waals surface area (Å²) in [5.41, 5.74) is 0.351. The Morgan fingerprint density at radius 1 is 1.62 bits per heavy atom. The Morgan fingerprint density at radius 2 is 2.31 bits per heavy atom. The van der Waals surface area contributed by atoms with E-state index in [-0.39, 0.29) is 5.82 Å². The zero-order chi connectivity index (χ0) is 9.84. The summed E-state index contributed by atoms with van der Waals surface area (Å²) in [4.78, 5) is 0. The van der Waals surface area contributed by atoms with E-state index in [9.17, 15) is 9.50 Å². The van der Waals surface area contributed by atoms with E-state index < -0.39 is 6.10 Å². The maximum absolute atomic E-state index is 13.4. The molecule has 0 fully saturated rings. The Kier molecular flexibility index (Phi) is 4.22. The minimum Gasteiger partial charge on any atom is -0.387 e.